The SMILES string of the molecule is c1ccc2c(-c3ccc(N(c4ccc(-c5ccc6oc7ccccc7c6c5)cc4)c4ccc5[nH]c6c(c5c4)-c4cccc5cccc-6c45)cc3)cccc2c1. The van der Waals surface area contributed by atoms with Crippen LogP contribution in [0.2, 0.25) is 0 Å². The highest BCUT2D eigenvalue weighted by atomic mass is 16.3. The van der Waals surface area contributed by atoms with Crippen LogP contribution in [0.15, 0.2) is 192 Å². The van der Waals surface area contributed by atoms with Crippen LogP contribution >= 0.6 is 0 Å². The molecule has 0 saturated carbocycles. The van der Waals surface area contributed by atoms with Gasteiger partial charge in [-0.2, -0.15) is 0 Å². The first-order valence-corrected chi connectivity index (χ1v) is 18.8. The van der Waals surface area contributed by atoms with Gasteiger partial charge in [0, 0.05) is 49.9 Å². The maximum absolute atomic E-state index is 6.13. The van der Waals surface area contributed by atoms with Crippen molar-refractivity contribution >= 4 is 71.4 Å². The second-order valence-corrected chi connectivity index (χ2v) is 14.6. The Morgan fingerprint density at radius 2 is 1.00 bits per heavy atom. The van der Waals surface area contributed by atoms with E-state index in [1.54, 1.807) is 0 Å². The molecule has 0 spiro atoms. The summed E-state index contributed by atoms with van der Waals surface area (Å²) in [5.74, 6) is 0. The summed E-state index contributed by atoms with van der Waals surface area (Å²) in [6, 6.07) is 68.0. The summed E-state index contributed by atoms with van der Waals surface area (Å²) in [6.45, 7) is 0. The van der Waals surface area contributed by atoms with Crippen molar-refractivity contribution in [1.82, 2.24) is 4.98 Å². The molecule has 3 heteroatoms. The highest BCUT2D eigenvalue weighted by Crippen LogP contribution is 2.51. The summed E-state index contributed by atoms with van der Waals surface area (Å²) in [6.07, 6.45) is 0. The summed E-state index contributed by atoms with van der Waals surface area (Å²) >= 11 is 0. The van der Waals surface area contributed by atoms with E-state index in [0.717, 1.165) is 55.6 Å². The molecule has 2 aromatic heterocycles. The molecule has 1 N–H and O–H groups in total. The lowest BCUT2D eigenvalue weighted by atomic mass is 9.98. The number of hydrogen-bond acceptors (Lipinski definition) is 2. The van der Waals surface area contributed by atoms with E-state index in [1.165, 1.54) is 60.4 Å². The minimum absolute atomic E-state index is 0.908. The number of anilines is 3. The Bertz CT molecular complexity index is 3300. The monoisotopic (exact) mass is 700 g/mol. The van der Waals surface area contributed by atoms with Crippen molar-refractivity contribution in [2.75, 3.05) is 4.90 Å². The van der Waals surface area contributed by atoms with E-state index in [2.05, 4.69) is 186 Å². The lowest BCUT2D eigenvalue weighted by molar-refractivity contribution is 0.669. The van der Waals surface area contributed by atoms with Gasteiger partial charge in [-0.05, 0) is 110 Å². The average Bonchev–Trinajstić information content (AvgIpc) is 3.91. The molecule has 0 radical (unpaired) electrons. The predicted molar refractivity (Wildman–Crippen MR) is 231 cm³/mol. The van der Waals surface area contributed by atoms with Crippen molar-refractivity contribution in [1.29, 1.82) is 0 Å². The predicted octanol–water partition coefficient (Wildman–Crippen LogP) is 14.8. The van der Waals surface area contributed by atoms with Gasteiger partial charge in [0.15, 0.2) is 0 Å². The van der Waals surface area contributed by atoms with E-state index in [0.29, 0.717) is 0 Å². The van der Waals surface area contributed by atoms with Gasteiger partial charge in [0.25, 0.3) is 0 Å². The topological polar surface area (TPSA) is 32.2 Å². The van der Waals surface area contributed by atoms with Gasteiger partial charge >= 0.3 is 0 Å². The Morgan fingerprint density at radius 1 is 0.382 bits per heavy atom. The normalized spacial score (nSPS) is 12.0. The molecule has 0 amide bonds. The molecule has 1 aliphatic rings. The Hall–Kier alpha value is -7.36. The van der Waals surface area contributed by atoms with Crippen molar-refractivity contribution in [2.45, 2.75) is 0 Å². The average molecular weight is 701 g/mol. The summed E-state index contributed by atoms with van der Waals surface area (Å²) in [7, 11) is 0. The molecule has 0 atom stereocenters. The molecule has 11 aromatic rings. The molecular formula is C52H32N2O. The van der Waals surface area contributed by atoms with Gasteiger partial charge in [0.2, 0.25) is 0 Å². The van der Waals surface area contributed by atoms with E-state index >= 15 is 0 Å². The number of H-pyrrole nitrogens is 1. The highest BCUT2D eigenvalue weighted by molar-refractivity contribution is 6.21. The number of rotatable bonds is 5. The Kier molecular flexibility index (Phi) is 6.34. The number of aromatic amines is 1. The number of fused-ring (bicyclic) bond motifs is 9. The van der Waals surface area contributed by atoms with Gasteiger partial charge in [-0.15, -0.1) is 0 Å². The van der Waals surface area contributed by atoms with Crippen LogP contribution in [0, 0.1) is 0 Å². The van der Waals surface area contributed by atoms with Crippen LogP contribution in [-0.2, 0) is 0 Å². The van der Waals surface area contributed by atoms with Gasteiger partial charge < -0.3 is 14.3 Å². The van der Waals surface area contributed by atoms with Crippen LogP contribution in [-0.4, -0.2) is 4.98 Å². The zero-order valence-electron chi connectivity index (χ0n) is 29.8. The molecule has 9 aromatic carbocycles. The summed E-state index contributed by atoms with van der Waals surface area (Å²) in [4.78, 5) is 6.17. The van der Waals surface area contributed by atoms with Crippen molar-refractivity contribution in [3.05, 3.63) is 188 Å². The minimum atomic E-state index is 0.908. The molecule has 0 aliphatic heterocycles. The largest absolute Gasteiger partial charge is 0.456 e. The molecule has 12 rings (SSSR count). The first-order valence-electron chi connectivity index (χ1n) is 18.8. The number of aromatic nitrogens is 1. The highest BCUT2D eigenvalue weighted by Gasteiger charge is 2.26. The molecule has 55 heavy (non-hydrogen) atoms. The second kappa shape index (κ2) is 11.6. The Morgan fingerprint density at radius 3 is 1.82 bits per heavy atom. The molecule has 0 bridgehead atoms. The van der Waals surface area contributed by atoms with Crippen molar-refractivity contribution in [3.8, 4) is 44.6 Å². The number of furan rings is 1. The second-order valence-electron chi connectivity index (χ2n) is 14.6. The maximum atomic E-state index is 6.13. The summed E-state index contributed by atoms with van der Waals surface area (Å²) in [5.41, 5.74) is 16.1. The van der Waals surface area contributed by atoms with Gasteiger partial charge in [-0.3, -0.25) is 0 Å². The number of nitrogens with zero attached hydrogens (tertiary/aromatic N) is 1. The third-order valence-electron chi connectivity index (χ3n) is 11.5. The smallest absolute Gasteiger partial charge is 0.135 e. The standard InChI is InChI=1S/C52H32N2O/c1-2-12-40-33(8-1)9-5-14-41(40)34-20-25-38(26-21-34)54(37-23-18-32(19-24-37)36-22-29-49-45(30-36)42-13-3-4-17-48(42)55-49)39-27-28-47-46(31-39)51-43-15-6-10-35-11-7-16-44(50(35)43)52(51)53-47/h1-31,53H. The number of hydrogen-bond donors (Lipinski definition) is 1. The summed E-state index contributed by atoms with van der Waals surface area (Å²) in [5, 5.41) is 8.61. The zero-order valence-corrected chi connectivity index (χ0v) is 29.8. The van der Waals surface area contributed by atoms with Crippen molar-refractivity contribution in [2.24, 2.45) is 0 Å². The van der Waals surface area contributed by atoms with E-state index in [9.17, 15) is 0 Å². The van der Waals surface area contributed by atoms with Gasteiger partial charge in [-0.25, -0.2) is 0 Å². The lowest BCUT2D eigenvalue weighted by Crippen LogP contribution is -2.09. The lowest BCUT2D eigenvalue weighted by Gasteiger charge is -2.26. The summed E-state index contributed by atoms with van der Waals surface area (Å²) < 4.78 is 6.13. The first kappa shape index (κ1) is 30.1. The Balaban J connectivity index is 0.996. The zero-order chi connectivity index (χ0) is 36.0. The van der Waals surface area contributed by atoms with E-state index in [1.807, 2.05) is 12.1 Å². The molecule has 2 heterocycles. The molecule has 256 valence electrons. The molecule has 0 fully saturated rings. The third kappa shape index (κ3) is 4.57. The fourth-order valence-corrected chi connectivity index (χ4v) is 8.98. The number of para-hydroxylation sites is 1. The minimum Gasteiger partial charge on any atom is -0.456 e. The number of benzene rings is 9. The van der Waals surface area contributed by atoms with E-state index < -0.39 is 0 Å². The molecule has 1 aliphatic carbocycles. The quantitative estimate of drug-likeness (QED) is 0.194. The van der Waals surface area contributed by atoms with Crippen LogP contribution in [0.25, 0.3) is 99.0 Å². The molecule has 0 saturated heterocycles. The van der Waals surface area contributed by atoms with Crippen LogP contribution in [0.5, 0.6) is 0 Å². The fraction of sp³-hybridized carbons (Fsp3) is 0. The molecule has 0 unspecified atom stereocenters. The van der Waals surface area contributed by atoms with Crippen LogP contribution < -0.4 is 4.90 Å². The maximum Gasteiger partial charge on any atom is 0.135 e. The molecular weight excluding hydrogens is 669 g/mol. The van der Waals surface area contributed by atoms with E-state index in [-0.39, 0.29) is 0 Å². The molecule has 3 nitrogen and oxygen atoms in total. The van der Waals surface area contributed by atoms with Crippen LogP contribution in [0.1, 0.15) is 0 Å². The number of nitrogens with one attached hydrogen (secondary N) is 1. The van der Waals surface area contributed by atoms with E-state index in [4.69, 9.17) is 4.42 Å². The van der Waals surface area contributed by atoms with Crippen molar-refractivity contribution < 1.29 is 4.42 Å². The Labute approximate surface area is 317 Å². The van der Waals surface area contributed by atoms with Crippen LogP contribution in [0.3, 0.4) is 0 Å². The van der Waals surface area contributed by atoms with Crippen molar-refractivity contribution in [3.63, 3.8) is 0 Å². The first-order chi connectivity index (χ1) is 27.2. The third-order valence-corrected chi connectivity index (χ3v) is 11.5. The van der Waals surface area contributed by atoms with Crippen LogP contribution in [0.4, 0.5) is 17.1 Å². The van der Waals surface area contributed by atoms with Gasteiger partial charge in [0.1, 0.15) is 11.2 Å². The van der Waals surface area contributed by atoms with Gasteiger partial charge in [0.05, 0.1) is 5.69 Å². The van der Waals surface area contributed by atoms with Gasteiger partial charge in [-0.1, -0.05) is 127 Å². The fourth-order valence-electron chi connectivity index (χ4n) is 8.98.